The Labute approximate surface area is 274 Å². The largest absolute Gasteiger partial charge is 0.416 e. The standard InChI is InChI=1S/C23H20F6N6O3.C7H8O3S/c24-12-3-14(25)20-16(4-12)35(10-19(36)33-1-2-38-17(9-33)23(27,28)29)32-21(20)11-7-34(8-11)22(37)13-5-18(30)31-6-15(13)26;1-6-2-4-7(5-3-6)11(8,9)10/h3-6,11,17H,1-2,7-10H2,(H2,30,31);2-5H,1H3,(H,8,9,10)/t17-;/m1./s1. The first-order chi connectivity index (χ1) is 22.9. The van der Waals surface area contributed by atoms with Crippen LogP contribution in [0.5, 0.6) is 0 Å². The number of aryl methyl sites for hydroxylation is 1. The van der Waals surface area contributed by atoms with Crippen LogP contribution in [0, 0.1) is 24.4 Å². The third-order valence-electron chi connectivity index (χ3n) is 7.85. The fraction of sp³-hybridized carbons (Fsp3) is 0.333. The van der Waals surface area contributed by atoms with Crippen LogP contribution < -0.4 is 5.73 Å². The normalized spacial score (nSPS) is 17.0. The predicted octanol–water partition coefficient (Wildman–Crippen LogP) is 3.70. The van der Waals surface area contributed by atoms with E-state index in [-0.39, 0.29) is 59.1 Å². The molecule has 2 aromatic heterocycles. The average molecular weight is 715 g/mol. The minimum atomic E-state index is -4.66. The van der Waals surface area contributed by atoms with E-state index < -0.39 is 70.7 Å². The molecule has 6 rings (SSSR count). The summed E-state index contributed by atoms with van der Waals surface area (Å²) in [7, 11) is -4.02. The number of hydrogen-bond donors (Lipinski definition) is 2. The molecule has 2 saturated heterocycles. The lowest BCUT2D eigenvalue weighted by molar-refractivity contribution is -0.236. The first kappa shape index (κ1) is 35.6. The Balaban J connectivity index is 0.000000363. The predicted molar refractivity (Wildman–Crippen MR) is 160 cm³/mol. The summed E-state index contributed by atoms with van der Waals surface area (Å²) in [6, 6.07) is 8.70. The van der Waals surface area contributed by atoms with Crippen LogP contribution in [-0.4, -0.2) is 94.4 Å². The summed E-state index contributed by atoms with van der Waals surface area (Å²) in [4.78, 5) is 31.3. The summed E-state index contributed by atoms with van der Waals surface area (Å²) in [5, 5.41) is 4.20. The molecule has 2 aliphatic heterocycles. The quantitative estimate of drug-likeness (QED) is 0.232. The van der Waals surface area contributed by atoms with Gasteiger partial charge in [-0.1, -0.05) is 17.7 Å². The third-order valence-corrected chi connectivity index (χ3v) is 8.72. The molecule has 3 N–H and O–H groups in total. The Kier molecular flexibility index (Phi) is 9.89. The Hall–Kier alpha value is -4.75. The van der Waals surface area contributed by atoms with Crippen molar-refractivity contribution >= 4 is 38.7 Å². The zero-order valence-electron chi connectivity index (χ0n) is 25.5. The number of halogens is 6. The molecule has 2 aromatic carbocycles. The van der Waals surface area contributed by atoms with Gasteiger partial charge < -0.3 is 20.3 Å². The van der Waals surface area contributed by atoms with Gasteiger partial charge >= 0.3 is 6.18 Å². The molecule has 4 heterocycles. The van der Waals surface area contributed by atoms with Crippen molar-refractivity contribution in [2.24, 2.45) is 0 Å². The second kappa shape index (κ2) is 13.6. The van der Waals surface area contributed by atoms with E-state index in [9.17, 15) is 44.3 Å². The number of fused-ring (bicyclic) bond motifs is 1. The van der Waals surface area contributed by atoms with Gasteiger partial charge in [0.2, 0.25) is 5.91 Å². The van der Waals surface area contributed by atoms with E-state index in [1.165, 1.54) is 17.0 Å². The smallest absolute Gasteiger partial charge is 0.384 e. The van der Waals surface area contributed by atoms with Crippen molar-refractivity contribution < 1.29 is 53.6 Å². The van der Waals surface area contributed by atoms with Crippen LogP contribution in [0.3, 0.4) is 0 Å². The highest BCUT2D eigenvalue weighted by molar-refractivity contribution is 7.85. The highest BCUT2D eigenvalue weighted by Gasteiger charge is 2.44. The van der Waals surface area contributed by atoms with Gasteiger partial charge in [-0.05, 0) is 25.1 Å². The Morgan fingerprint density at radius 1 is 1.02 bits per heavy atom. The number of anilines is 1. The number of rotatable bonds is 5. The fourth-order valence-electron chi connectivity index (χ4n) is 5.28. The lowest BCUT2D eigenvalue weighted by Crippen LogP contribution is -2.51. The number of amides is 2. The van der Waals surface area contributed by atoms with Crippen LogP contribution in [0.25, 0.3) is 10.9 Å². The molecular weight excluding hydrogens is 686 g/mol. The first-order valence-corrected chi connectivity index (χ1v) is 15.9. The molecule has 2 fully saturated rings. The topological polar surface area (TPSA) is 161 Å². The molecule has 2 amide bonds. The van der Waals surface area contributed by atoms with Crippen molar-refractivity contribution in [1.29, 1.82) is 0 Å². The van der Waals surface area contributed by atoms with Crippen molar-refractivity contribution in [3.63, 3.8) is 0 Å². The maximum absolute atomic E-state index is 14.9. The summed E-state index contributed by atoms with van der Waals surface area (Å²) in [6.07, 6.45) is -5.98. The molecule has 0 saturated carbocycles. The summed E-state index contributed by atoms with van der Waals surface area (Å²) in [5.41, 5.74) is 6.28. The molecule has 19 heteroatoms. The molecule has 12 nitrogen and oxygen atoms in total. The third kappa shape index (κ3) is 7.94. The molecule has 262 valence electrons. The molecule has 4 aromatic rings. The van der Waals surface area contributed by atoms with E-state index in [4.69, 9.17) is 15.0 Å². The Morgan fingerprint density at radius 2 is 1.69 bits per heavy atom. The lowest BCUT2D eigenvalue weighted by Gasteiger charge is -2.38. The van der Waals surface area contributed by atoms with Crippen molar-refractivity contribution in [2.75, 3.05) is 38.5 Å². The summed E-state index contributed by atoms with van der Waals surface area (Å²) in [6.45, 7) is 0.194. The molecular formula is C30H28F6N6O6S. The van der Waals surface area contributed by atoms with Crippen LogP contribution >= 0.6 is 0 Å². The summed E-state index contributed by atoms with van der Waals surface area (Å²) < 4.78 is 117. The van der Waals surface area contributed by atoms with Gasteiger partial charge in [-0.2, -0.15) is 26.7 Å². The molecule has 0 bridgehead atoms. The van der Waals surface area contributed by atoms with Crippen LogP contribution in [-0.2, 0) is 26.2 Å². The number of nitrogen functional groups attached to an aromatic ring is 1. The Morgan fingerprint density at radius 3 is 2.33 bits per heavy atom. The van der Waals surface area contributed by atoms with Gasteiger partial charge in [0.05, 0.1) is 46.4 Å². The van der Waals surface area contributed by atoms with E-state index in [2.05, 4.69) is 10.1 Å². The number of alkyl halides is 3. The van der Waals surface area contributed by atoms with Crippen LogP contribution in [0.1, 0.15) is 27.5 Å². The zero-order valence-corrected chi connectivity index (χ0v) is 26.3. The first-order valence-electron chi connectivity index (χ1n) is 14.5. The van der Waals surface area contributed by atoms with E-state index in [0.29, 0.717) is 6.07 Å². The lowest BCUT2D eigenvalue weighted by atomic mass is 9.93. The molecule has 0 aliphatic carbocycles. The maximum atomic E-state index is 14.9. The number of aromatic nitrogens is 3. The van der Waals surface area contributed by atoms with E-state index in [1.807, 2.05) is 6.92 Å². The zero-order chi connectivity index (χ0) is 35.8. The maximum Gasteiger partial charge on any atom is 0.416 e. The molecule has 2 aliphatic rings. The van der Waals surface area contributed by atoms with Crippen molar-refractivity contribution in [3.8, 4) is 0 Å². The molecule has 0 spiro atoms. The van der Waals surface area contributed by atoms with Gasteiger partial charge in [-0.3, -0.25) is 18.8 Å². The number of morpholine rings is 1. The minimum Gasteiger partial charge on any atom is -0.384 e. The van der Waals surface area contributed by atoms with Crippen LogP contribution in [0.2, 0.25) is 0 Å². The molecule has 49 heavy (non-hydrogen) atoms. The molecule has 0 radical (unpaired) electrons. The SMILES string of the molecule is Cc1ccc(S(=O)(=O)O)cc1.Nc1cc(C(=O)N2CC(c3nn(CC(=O)N4CCO[C@@H](C(F)(F)F)C4)c4cc(F)cc(F)c34)C2)c(F)cn1. The molecule has 0 unspecified atom stereocenters. The second-order valence-corrected chi connectivity index (χ2v) is 12.8. The fourth-order valence-corrected chi connectivity index (χ4v) is 5.76. The van der Waals surface area contributed by atoms with E-state index >= 15 is 0 Å². The number of nitrogens with zero attached hydrogens (tertiary/aromatic N) is 5. The number of ether oxygens (including phenoxy) is 1. The monoisotopic (exact) mass is 714 g/mol. The number of hydrogen-bond acceptors (Lipinski definition) is 8. The van der Waals surface area contributed by atoms with Crippen molar-refractivity contribution in [1.82, 2.24) is 24.6 Å². The second-order valence-electron chi connectivity index (χ2n) is 11.3. The van der Waals surface area contributed by atoms with E-state index in [0.717, 1.165) is 33.5 Å². The highest BCUT2D eigenvalue weighted by atomic mass is 32.2. The number of nitrogens with two attached hydrogens (primary N) is 1. The van der Waals surface area contributed by atoms with Gasteiger partial charge in [0.25, 0.3) is 16.0 Å². The number of likely N-dealkylation sites (tertiary alicyclic amines) is 1. The number of carbonyl (C=O) groups excluding carboxylic acids is 2. The van der Waals surface area contributed by atoms with Gasteiger partial charge in [0.1, 0.15) is 24.0 Å². The van der Waals surface area contributed by atoms with Gasteiger partial charge in [-0.25, -0.2) is 18.2 Å². The highest BCUT2D eigenvalue weighted by Crippen LogP contribution is 2.35. The van der Waals surface area contributed by atoms with Crippen LogP contribution in [0.4, 0.5) is 32.2 Å². The number of pyridine rings is 1. The number of benzene rings is 2. The van der Waals surface area contributed by atoms with Gasteiger partial charge in [0, 0.05) is 37.7 Å². The van der Waals surface area contributed by atoms with Gasteiger partial charge in [-0.15, -0.1) is 0 Å². The van der Waals surface area contributed by atoms with Crippen LogP contribution in [0.15, 0.2) is 53.6 Å². The van der Waals surface area contributed by atoms with Gasteiger partial charge in [0.15, 0.2) is 11.9 Å². The van der Waals surface area contributed by atoms with Crippen molar-refractivity contribution in [3.05, 3.63) is 82.9 Å². The average Bonchev–Trinajstić information content (AvgIpc) is 3.34. The number of carbonyl (C=O) groups is 2. The van der Waals surface area contributed by atoms with E-state index in [1.54, 1.807) is 12.1 Å². The summed E-state index contributed by atoms with van der Waals surface area (Å²) >= 11 is 0. The molecule has 1 atom stereocenters. The Bertz CT molecular complexity index is 2000. The minimum absolute atomic E-state index is 0.0219. The summed E-state index contributed by atoms with van der Waals surface area (Å²) in [5.74, 6) is -4.72. The van der Waals surface area contributed by atoms with Crippen molar-refractivity contribution in [2.45, 2.75) is 36.6 Å².